The first-order valence-corrected chi connectivity index (χ1v) is 20.5. The van der Waals surface area contributed by atoms with Gasteiger partial charge in [0.15, 0.2) is 0 Å². The van der Waals surface area contributed by atoms with E-state index in [9.17, 15) is 9.59 Å². The summed E-state index contributed by atoms with van der Waals surface area (Å²) in [6, 6.07) is 23.5. The molecule has 0 bridgehead atoms. The van der Waals surface area contributed by atoms with Crippen molar-refractivity contribution in [2.24, 2.45) is 0 Å². The first kappa shape index (κ1) is 32.3. The van der Waals surface area contributed by atoms with Crippen molar-refractivity contribution in [1.29, 1.82) is 0 Å². The molecule has 0 amide bonds. The molecule has 0 N–H and O–H groups in total. The Morgan fingerprint density at radius 1 is 0.500 bits per heavy atom. The van der Waals surface area contributed by atoms with Crippen LogP contribution in [-0.2, 0) is 15.6 Å². The van der Waals surface area contributed by atoms with Gasteiger partial charge in [-0.15, -0.1) is 0 Å². The van der Waals surface area contributed by atoms with E-state index >= 15 is 0 Å². The van der Waals surface area contributed by atoms with Gasteiger partial charge in [0, 0.05) is 0 Å². The van der Waals surface area contributed by atoms with Crippen molar-refractivity contribution in [3.63, 3.8) is 0 Å². The SMILES string of the molecule is C/C(=C\C(=O)[O][Sb]([O]C(=O)/C=C(\C)[C]1[CH][CH][CH][CH]1)([c]1ccc(C)cc1)([c]1ccc(C)cc1)[c]1ccc(C)cc1)[C]1[CH][CH][CH][CH]1. The monoisotopic (exact) mass is 690 g/mol. The summed E-state index contributed by atoms with van der Waals surface area (Å²) in [7, 11) is 0. The molecule has 0 heterocycles. The van der Waals surface area contributed by atoms with Gasteiger partial charge in [0.05, 0.1) is 0 Å². The molecule has 3 aromatic carbocycles. The fourth-order valence-corrected chi connectivity index (χ4v) is 18.1. The van der Waals surface area contributed by atoms with Crippen LogP contribution in [0.2, 0.25) is 0 Å². The quantitative estimate of drug-likeness (QED) is 0.210. The molecular weight excluding hydrogens is 654 g/mol. The van der Waals surface area contributed by atoms with Crippen molar-refractivity contribution in [1.82, 2.24) is 0 Å². The average Bonchev–Trinajstić information content (AvgIpc) is 3.73. The Bertz CT molecular complexity index is 1370. The van der Waals surface area contributed by atoms with Gasteiger partial charge in [-0.1, -0.05) is 0 Å². The molecule has 2 aliphatic carbocycles. The third-order valence-electron chi connectivity index (χ3n) is 7.94. The van der Waals surface area contributed by atoms with Crippen LogP contribution < -0.4 is 10.5 Å². The van der Waals surface area contributed by atoms with Crippen LogP contribution in [0.4, 0.5) is 0 Å². The standard InChI is InChI=1S/2C9H9O2.3C7H7.Sb/c2*1-7(6-9(10)11)8-4-2-3-5-8;3*1-7-5-3-2-4-6-7;/h2*2-6H,1H3,(H,10,11);3*3-6H,1H3;/q;;;;;+2/p-2/b2*7-6+;;;;. The number of rotatable bonds is 9. The summed E-state index contributed by atoms with van der Waals surface area (Å²) in [5, 5.41) is 0. The molecule has 4 nitrogen and oxygen atoms in total. The Morgan fingerprint density at radius 2 is 0.773 bits per heavy atom. The van der Waals surface area contributed by atoms with Crippen LogP contribution in [0.5, 0.6) is 0 Å². The third kappa shape index (κ3) is 6.47. The molecule has 0 unspecified atom stereocenters. The predicted molar refractivity (Wildman–Crippen MR) is 179 cm³/mol. The molecule has 3 aromatic rings. The Labute approximate surface area is 265 Å². The molecule has 0 atom stereocenters. The summed E-state index contributed by atoms with van der Waals surface area (Å²) < 4.78 is 15.9. The van der Waals surface area contributed by atoms with Gasteiger partial charge in [-0.05, 0) is 0 Å². The molecule has 10 radical (unpaired) electrons. The van der Waals surface area contributed by atoms with E-state index in [2.05, 4.69) is 0 Å². The van der Waals surface area contributed by atoms with E-state index in [0.717, 1.165) is 39.7 Å². The minimum atomic E-state index is -6.02. The fourth-order valence-electron chi connectivity index (χ4n) is 5.42. The zero-order valence-corrected chi connectivity index (χ0v) is 28.3. The molecular formula is C39H37O4Sb. The Balaban J connectivity index is 1.79. The van der Waals surface area contributed by atoms with Gasteiger partial charge in [-0.25, -0.2) is 0 Å². The summed E-state index contributed by atoms with van der Waals surface area (Å²) >= 11 is -6.02. The van der Waals surface area contributed by atoms with Crippen molar-refractivity contribution in [3.8, 4) is 0 Å². The predicted octanol–water partition coefficient (Wildman–Crippen LogP) is 5.82. The van der Waals surface area contributed by atoms with E-state index in [0.29, 0.717) is 10.5 Å². The van der Waals surface area contributed by atoms with Crippen molar-refractivity contribution < 1.29 is 15.6 Å². The van der Waals surface area contributed by atoms with Crippen LogP contribution in [0.3, 0.4) is 0 Å². The fraction of sp³-hybridized carbons (Fsp3) is 0.128. The zero-order valence-electron chi connectivity index (χ0n) is 25.8. The molecule has 2 saturated carbocycles. The number of carbonyl (C=O) groups is 2. The molecule has 0 aromatic heterocycles. The van der Waals surface area contributed by atoms with E-state index in [1.54, 1.807) is 0 Å². The number of hydrogen-bond donors (Lipinski definition) is 0. The molecule has 5 heteroatoms. The van der Waals surface area contributed by atoms with Gasteiger partial charge in [0.1, 0.15) is 0 Å². The normalized spacial score (nSPS) is 17.7. The molecule has 0 saturated heterocycles. The summed E-state index contributed by atoms with van der Waals surface area (Å²) in [5.41, 5.74) is 4.61. The van der Waals surface area contributed by atoms with Crippen LogP contribution in [0, 0.1) is 84.0 Å². The Morgan fingerprint density at radius 3 is 1.05 bits per heavy atom. The summed E-state index contributed by atoms with van der Waals surface area (Å²) in [6.45, 7) is 9.75. The van der Waals surface area contributed by atoms with Gasteiger partial charge >= 0.3 is 267 Å². The molecule has 2 fully saturated rings. The van der Waals surface area contributed by atoms with Crippen molar-refractivity contribution in [3.05, 3.63) is 176 Å². The third-order valence-corrected chi connectivity index (χ3v) is 21.5. The molecule has 0 spiro atoms. The average molecular weight is 691 g/mol. The van der Waals surface area contributed by atoms with E-state index in [4.69, 9.17) is 6.03 Å². The van der Waals surface area contributed by atoms with Gasteiger partial charge in [-0.3, -0.25) is 0 Å². The van der Waals surface area contributed by atoms with Crippen LogP contribution in [0.15, 0.2) is 96.1 Å². The zero-order chi connectivity index (χ0) is 31.3. The maximum atomic E-state index is 14.2. The number of benzene rings is 3. The number of allylic oxidation sites excluding steroid dienone is 2. The van der Waals surface area contributed by atoms with Crippen LogP contribution in [-0.4, -0.2) is 30.2 Å². The Hall–Kier alpha value is -3.10. The van der Waals surface area contributed by atoms with Crippen molar-refractivity contribution >= 4 is 40.7 Å². The van der Waals surface area contributed by atoms with Crippen molar-refractivity contribution in [2.45, 2.75) is 34.6 Å². The van der Waals surface area contributed by atoms with Gasteiger partial charge in [-0.2, -0.15) is 0 Å². The van der Waals surface area contributed by atoms with Gasteiger partial charge < -0.3 is 0 Å². The summed E-state index contributed by atoms with van der Waals surface area (Å²) in [6.07, 6.45) is 18.5. The second kappa shape index (κ2) is 13.5. The van der Waals surface area contributed by atoms with Crippen LogP contribution in [0.1, 0.15) is 30.5 Å². The van der Waals surface area contributed by atoms with E-state index < -0.39 is 30.2 Å². The number of hydrogen-bond acceptors (Lipinski definition) is 4. The van der Waals surface area contributed by atoms with Gasteiger partial charge in [0.25, 0.3) is 0 Å². The maximum absolute atomic E-state index is 14.2. The van der Waals surface area contributed by atoms with Crippen LogP contribution >= 0.6 is 0 Å². The van der Waals surface area contributed by atoms with Gasteiger partial charge in [0.2, 0.25) is 0 Å². The first-order valence-electron chi connectivity index (χ1n) is 14.6. The topological polar surface area (TPSA) is 52.6 Å². The molecule has 2 aliphatic rings. The van der Waals surface area contributed by atoms with Crippen LogP contribution in [0.25, 0.3) is 0 Å². The first-order chi connectivity index (χ1) is 21.1. The van der Waals surface area contributed by atoms with E-state index in [1.165, 1.54) is 12.2 Å². The molecule has 44 heavy (non-hydrogen) atoms. The number of aryl methyl sites for hydroxylation is 3. The second-order valence-electron chi connectivity index (χ2n) is 11.3. The van der Waals surface area contributed by atoms with Crippen molar-refractivity contribution in [2.75, 3.05) is 0 Å². The second-order valence-corrected chi connectivity index (χ2v) is 22.2. The Kier molecular flexibility index (Phi) is 9.90. The molecule has 0 aliphatic heterocycles. The summed E-state index contributed by atoms with van der Waals surface area (Å²) in [4.78, 5) is 28.5. The number of carbonyl (C=O) groups excluding carboxylic acids is 2. The molecule has 5 rings (SSSR count). The molecule has 222 valence electrons. The summed E-state index contributed by atoms with van der Waals surface area (Å²) in [5.74, 6) is 0.692. The van der Waals surface area contributed by atoms with E-state index in [-0.39, 0.29) is 0 Å². The van der Waals surface area contributed by atoms with E-state index in [1.807, 2.05) is 159 Å². The minimum absolute atomic E-state index is 0.572.